The largest absolute Gasteiger partial charge is 0.508 e. The molecule has 0 atom stereocenters. The molecule has 0 spiro atoms. The van der Waals surface area contributed by atoms with E-state index in [1.807, 2.05) is 0 Å². The molecular weight excluding hydrogens is 387 g/mol. The van der Waals surface area contributed by atoms with Crippen molar-refractivity contribution in [1.82, 2.24) is 0 Å². The van der Waals surface area contributed by atoms with Crippen molar-refractivity contribution >= 4 is 58.2 Å². The molecule has 130 valence electrons. The lowest BCUT2D eigenvalue weighted by Gasteiger charge is -2.10. The minimum absolute atomic E-state index is 0.150. The summed E-state index contributed by atoms with van der Waals surface area (Å²) in [4.78, 5) is 13.3. The molecule has 1 aromatic heterocycles. The molecule has 0 saturated heterocycles. The second kappa shape index (κ2) is 6.98. The third kappa shape index (κ3) is 3.60. The number of carbonyl (C=O) groups is 1. The van der Waals surface area contributed by atoms with Crippen LogP contribution in [0.25, 0.3) is 0 Å². The molecule has 0 aliphatic heterocycles. The highest BCUT2D eigenvalue weighted by atomic mass is 32.2. The van der Waals surface area contributed by atoms with E-state index in [2.05, 4.69) is 4.99 Å². The number of hydrogen-bond donors (Lipinski definition) is 4. The predicted octanol–water partition coefficient (Wildman–Crippen LogP) is 0.891. The third-order valence-corrected chi connectivity index (χ3v) is 7.42. The van der Waals surface area contributed by atoms with Crippen LogP contribution < -0.4 is 11.2 Å². The fourth-order valence-electron chi connectivity index (χ4n) is 1.88. The molecule has 1 aromatic carbocycles. The van der Waals surface area contributed by atoms with E-state index in [1.54, 1.807) is 6.26 Å². The van der Waals surface area contributed by atoms with E-state index < -0.39 is 37.8 Å². The number of aromatic hydroxyl groups is 2. The summed E-state index contributed by atoms with van der Waals surface area (Å²) in [5, 5.41) is 28.1. The number of thiophene rings is 1. The summed E-state index contributed by atoms with van der Waals surface area (Å²) in [7, 11) is 1.26. The number of benzene rings is 1. The summed E-state index contributed by atoms with van der Waals surface area (Å²) in [5.74, 6) is -1.57. The molecule has 0 aliphatic rings. The molecule has 0 aliphatic carbocycles. The fraction of sp³-hybridized carbons (Fsp3) is 0.0769. The zero-order valence-electron chi connectivity index (χ0n) is 12.6. The van der Waals surface area contributed by atoms with Crippen LogP contribution in [-0.2, 0) is 9.84 Å². The molecule has 2 aromatic rings. The van der Waals surface area contributed by atoms with Crippen LogP contribution in [0.1, 0.15) is 4.88 Å². The first-order valence-electron chi connectivity index (χ1n) is 6.40. The van der Waals surface area contributed by atoms with E-state index in [0.29, 0.717) is 4.21 Å². The molecule has 0 bridgehead atoms. The van der Waals surface area contributed by atoms with Gasteiger partial charge in [0.05, 0.1) is 14.0 Å². The maximum Gasteiger partial charge on any atom is 0.433 e. The molecule has 25 heavy (non-hydrogen) atoms. The van der Waals surface area contributed by atoms with E-state index in [0.717, 1.165) is 35.2 Å². The Hall–Kier alpha value is -2.18. The molecule has 0 fully saturated rings. The molecule has 8 nitrogen and oxygen atoms in total. The van der Waals surface area contributed by atoms with Gasteiger partial charge in [-0.05, 0) is 29.9 Å². The van der Waals surface area contributed by atoms with Gasteiger partial charge >= 0.3 is 6.09 Å². The van der Waals surface area contributed by atoms with E-state index in [1.165, 1.54) is 6.07 Å². The highest BCUT2D eigenvalue weighted by Gasteiger charge is 2.28. The van der Waals surface area contributed by atoms with Gasteiger partial charge in [-0.3, -0.25) is 0 Å². The Kier molecular flexibility index (Phi) is 5.35. The number of amides is 1. The van der Waals surface area contributed by atoms with Gasteiger partial charge in [0.2, 0.25) is 9.84 Å². The van der Waals surface area contributed by atoms with Crippen LogP contribution in [0, 0.1) is 0 Å². The molecule has 5 N–H and O–H groups in total. The van der Waals surface area contributed by atoms with Gasteiger partial charge in [0.25, 0.3) is 0 Å². The minimum atomic E-state index is -4.20. The first-order valence-corrected chi connectivity index (χ1v) is 9.92. The van der Waals surface area contributed by atoms with Crippen molar-refractivity contribution in [3.8, 4) is 11.5 Å². The van der Waals surface area contributed by atoms with E-state index in [9.17, 15) is 23.4 Å². The standard InChI is InChI=1S/C13H11BN2O6S3/c1-23-12-8(4-6(24-12)11(15)16-13(19)20)25(21,22)7-3-2-5(17)9(14)10(7)18/h2-4,17-18H,1H3,(H2,15,16)(H,19,20). The normalized spacial score (nSPS) is 12.3. The summed E-state index contributed by atoms with van der Waals surface area (Å²) in [6.45, 7) is 0. The van der Waals surface area contributed by atoms with Gasteiger partial charge in [0.1, 0.15) is 30.1 Å². The van der Waals surface area contributed by atoms with Crippen LogP contribution in [-0.4, -0.2) is 49.8 Å². The molecule has 2 radical (unpaired) electrons. The summed E-state index contributed by atoms with van der Waals surface area (Å²) >= 11 is 2.05. The molecule has 1 amide bonds. The predicted molar refractivity (Wildman–Crippen MR) is 95.5 cm³/mol. The van der Waals surface area contributed by atoms with Crippen LogP contribution in [0.2, 0.25) is 0 Å². The number of amidine groups is 1. The van der Waals surface area contributed by atoms with Crippen LogP contribution in [0.15, 0.2) is 37.2 Å². The van der Waals surface area contributed by atoms with Crippen molar-refractivity contribution in [2.75, 3.05) is 6.26 Å². The summed E-state index contributed by atoms with van der Waals surface area (Å²) < 4.78 is 26.0. The number of phenolic OH excluding ortho intramolecular Hbond substituents is 2. The molecule has 1 heterocycles. The number of carboxylic acid groups (broad SMARTS) is 1. The number of thioether (sulfide) groups is 1. The number of phenols is 2. The average molecular weight is 398 g/mol. The summed E-state index contributed by atoms with van der Waals surface area (Å²) in [6, 6.07) is 3.25. The molecule has 12 heteroatoms. The molecule has 0 saturated carbocycles. The van der Waals surface area contributed by atoms with Crippen LogP contribution in [0.5, 0.6) is 11.5 Å². The van der Waals surface area contributed by atoms with Gasteiger partial charge in [-0.1, -0.05) is 0 Å². The Morgan fingerprint density at radius 3 is 2.52 bits per heavy atom. The average Bonchev–Trinajstić information content (AvgIpc) is 2.97. The fourth-order valence-corrected chi connectivity index (χ4v) is 5.88. The minimum Gasteiger partial charge on any atom is -0.508 e. The van der Waals surface area contributed by atoms with Gasteiger partial charge in [-0.15, -0.1) is 23.1 Å². The van der Waals surface area contributed by atoms with E-state index >= 15 is 0 Å². The lowest BCUT2D eigenvalue weighted by atomic mass is 9.94. The highest BCUT2D eigenvalue weighted by molar-refractivity contribution is 8.01. The van der Waals surface area contributed by atoms with E-state index in [-0.39, 0.29) is 15.6 Å². The van der Waals surface area contributed by atoms with E-state index in [4.69, 9.17) is 18.7 Å². The van der Waals surface area contributed by atoms with Crippen molar-refractivity contribution in [2.24, 2.45) is 10.7 Å². The maximum absolute atomic E-state index is 12.9. The molecular formula is C13H11BN2O6S3. The number of aliphatic imine (C=N–C) groups is 1. The zero-order chi connectivity index (χ0) is 18.9. The Labute approximate surface area is 152 Å². The quantitative estimate of drug-likeness (QED) is 0.257. The van der Waals surface area contributed by atoms with Crippen molar-refractivity contribution in [2.45, 2.75) is 14.0 Å². The van der Waals surface area contributed by atoms with Crippen LogP contribution in [0.3, 0.4) is 0 Å². The Morgan fingerprint density at radius 2 is 1.96 bits per heavy atom. The number of nitrogens with zero attached hydrogens (tertiary/aromatic N) is 1. The first kappa shape index (κ1) is 19.2. The monoisotopic (exact) mass is 398 g/mol. The summed E-state index contributed by atoms with van der Waals surface area (Å²) in [6.07, 6.45) is 0.120. The van der Waals surface area contributed by atoms with Crippen molar-refractivity contribution in [1.29, 1.82) is 0 Å². The highest BCUT2D eigenvalue weighted by Crippen LogP contribution is 2.39. The number of hydrogen-bond acceptors (Lipinski definition) is 7. The zero-order valence-corrected chi connectivity index (χ0v) is 15.1. The Bertz CT molecular complexity index is 984. The van der Waals surface area contributed by atoms with Gasteiger partial charge in [0, 0.05) is 0 Å². The number of sulfone groups is 1. The SMILES string of the molecule is [B]c1c(O)ccc(S(=O)(=O)c2cc(/C(N)=N\C(=O)O)sc2SC)c1O. The number of nitrogens with two attached hydrogens (primary N) is 1. The first-order chi connectivity index (χ1) is 11.6. The topological polar surface area (TPSA) is 150 Å². The van der Waals surface area contributed by atoms with Gasteiger partial charge in [-0.25, -0.2) is 13.2 Å². The van der Waals surface area contributed by atoms with Gasteiger partial charge in [0.15, 0.2) is 0 Å². The maximum atomic E-state index is 12.9. The van der Waals surface area contributed by atoms with Crippen LogP contribution in [0.4, 0.5) is 4.79 Å². The van der Waals surface area contributed by atoms with Gasteiger partial charge in [-0.2, -0.15) is 4.99 Å². The lowest BCUT2D eigenvalue weighted by molar-refractivity contribution is 0.205. The Balaban J connectivity index is 2.67. The smallest absolute Gasteiger partial charge is 0.433 e. The molecule has 2 rings (SSSR count). The second-order valence-electron chi connectivity index (χ2n) is 4.59. The van der Waals surface area contributed by atoms with Crippen LogP contribution >= 0.6 is 23.1 Å². The van der Waals surface area contributed by atoms with Crippen molar-refractivity contribution < 1.29 is 28.5 Å². The molecule has 0 unspecified atom stereocenters. The second-order valence-corrected chi connectivity index (χ2v) is 8.61. The third-order valence-electron chi connectivity index (χ3n) is 3.06. The Morgan fingerprint density at radius 1 is 1.32 bits per heavy atom. The van der Waals surface area contributed by atoms with Crippen molar-refractivity contribution in [3.63, 3.8) is 0 Å². The lowest BCUT2D eigenvalue weighted by Crippen LogP contribution is -2.14. The van der Waals surface area contributed by atoms with Gasteiger partial charge < -0.3 is 21.1 Å². The summed E-state index contributed by atoms with van der Waals surface area (Å²) in [5.41, 5.74) is 5.10. The number of rotatable bonds is 4. The van der Waals surface area contributed by atoms with Crippen molar-refractivity contribution in [3.05, 3.63) is 23.1 Å².